The summed E-state index contributed by atoms with van der Waals surface area (Å²) in [5, 5.41) is 3.94. The lowest BCUT2D eigenvalue weighted by molar-refractivity contribution is -0.00611. The Labute approximate surface area is 187 Å². The van der Waals surface area contributed by atoms with Gasteiger partial charge in [-0.15, -0.1) is 8.42 Å². The fraction of sp³-hybridized carbons (Fsp3) is 0.381. The van der Waals surface area contributed by atoms with Crippen LogP contribution in [0.25, 0.3) is 15.5 Å². The van der Waals surface area contributed by atoms with Crippen LogP contribution in [0.1, 0.15) is 23.7 Å². The topological polar surface area (TPSA) is 76.2 Å². The third-order valence-corrected chi connectivity index (χ3v) is 5.76. The molecule has 0 bridgehead atoms. The van der Waals surface area contributed by atoms with Gasteiger partial charge in [0.15, 0.2) is 17.8 Å². The third-order valence-electron chi connectivity index (χ3n) is 5.33. The Bertz CT molecular complexity index is 1300. The van der Waals surface area contributed by atoms with Crippen molar-refractivity contribution in [3.8, 4) is 17.3 Å². The number of aryl methyl sites for hydroxylation is 1. The number of rotatable bonds is 2. The second-order valence-electron chi connectivity index (χ2n) is 8.03. The Morgan fingerprint density at radius 1 is 1.27 bits per heavy atom. The van der Waals surface area contributed by atoms with E-state index in [0.717, 1.165) is 24.1 Å². The van der Waals surface area contributed by atoms with Crippen molar-refractivity contribution in [2.24, 2.45) is 11.1 Å². The van der Waals surface area contributed by atoms with Crippen LogP contribution in [0.4, 0.5) is 17.6 Å². The molecule has 0 radical (unpaired) electrons. The van der Waals surface area contributed by atoms with Crippen molar-refractivity contribution in [2.45, 2.75) is 25.4 Å². The number of oxime groups is 1. The molecule has 0 N–H and O–H groups in total. The number of hydrogen-bond acceptors (Lipinski definition) is 6. The lowest BCUT2D eigenvalue weighted by atomic mass is 9.95. The lowest BCUT2D eigenvalue weighted by Gasteiger charge is -2.17. The molecular weight excluding hydrogens is 464 g/mol. The summed E-state index contributed by atoms with van der Waals surface area (Å²) >= 11 is 0. The van der Waals surface area contributed by atoms with Gasteiger partial charge in [0.05, 0.1) is 23.4 Å². The predicted octanol–water partition coefficient (Wildman–Crippen LogP) is 3.97. The Balaban J connectivity index is 1.57. The molecule has 1 aromatic carbocycles. The molecule has 1 fully saturated rings. The number of halogens is 4. The molecule has 174 valence electrons. The van der Waals surface area contributed by atoms with Gasteiger partial charge in [0.2, 0.25) is 0 Å². The van der Waals surface area contributed by atoms with Crippen LogP contribution >= 0.6 is 0 Å². The quantitative estimate of drug-likeness (QED) is 0.605. The maximum atomic E-state index is 14.4. The van der Waals surface area contributed by atoms with E-state index in [1.165, 1.54) is 4.90 Å². The van der Waals surface area contributed by atoms with Crippen LogP contribution in [0, 0.1) is 30.5 Å². The first-order chi connectivity index (χ1) is 15.4. The first-order valence-electron chi connectivity index (χ1n) is 9.88. The molecular formula is C21H19F4N4O3S+. The Hall–Kier alpha value is -3.20. The van der Waals surface area contributed by atoms with Crippen molar-refractivity contribution >= 4 is 15.9 Å². The van der Waals surface area contributed by atoms with Gasteiger partial charge in [-0.1, -0.05) is 22.9 Å². The molecule has 2 atom stereocenters. The number of benzene rings is 1. The summed E-state index contributed by atoms with van der Waals surface area (Å²) in [6.07, 6.45) is 1.11. The maximum Gasteiger partial charge on any atom is 0.476 e. The number of amidine groups is 1. The van der Waals surface area contributed by atoms with Gasteiger partial charge in [-0.25, -0.2) is 17.6 Å². The van der Waals surface area contributed by atoms with E-state index >= 15 is 0 Å². The molecule has 1 aromatic heterocycles. The maximum absolute atomic E-state index is 14.4. The van der Waals surface area contributed by atoms with Gasteiger partial charge >= 0.3 is 16.1 Å². The average molecular weight is 483 g/mol. The highest BCUT2D eigenvalue weighted by molar-refractivity contribution is 7.92. The second-order valence-corrected chi connectivity index (χ2v) is 9.68. The van der Waals surface area contributed by atoms with E-state index in [1.807, 2.05) is 6.07 Å². The Kier molecular flexibility index (Phi) is 5.78. The Morgan fingerprint density at radius 3 is 2.73 bits per heavy atom. The molecule has 0 amide bonds. The van der Waals surface area contributed by atoms with Crippen LogP contribution in [0.5, 0.6) is 0 Å². The van der Waals surface area contributed by atoms with E-state index in [2.05, 4.69) is 14.4 Å². The number of alkyl halides is 2. The normalized spacial score (nSPS) is 21.9. The van der Waals surface area contributed by atoms with Gasteiger partial charge in [0, 0.05) is 23.7 Å². The highest BCUT2D eigenvalue weighted by Crippen LogP contribution is 2.39. The minimum Gasteiger partial charge on any atom is -0.386 e. The van der Waals surface area contributed by atoms with Crippen molar-refractivity contribution in [3.63, 3.8) is 0 Å². The van der Waals surface area contributed by atoms with Crippen molar-refractivity contribution in [1.82, 2.24) is 9.88 Å². The number of aromatic nitrogens is 1. The number of pyridine rings is 1. The van der Waals surface area contributed by atoms with Gasteiger partial charge in [-0.05, 0) is 13.0 Å². The summed E-state index contributed by atoms with van der Waals surface area (Å²) in [6, 6.07) is 7.91. The smallest absolute Gasteiger partial charge is 0.386 e. The highest BCUT2D eigenvalue weighted by Gasteiger charge is 2.52. The molecule has 0 saturated carbocycles. The van der Waals surface area contributed by atoms with Crippen molar-refractivity contribution in [2.75, 3.05) is 19.3 Å². The second kappa shape index (κ2) is 8.30. The van der Waals surface area contributed by atoms with Crippen LogP contribution in [0.2, 0.25) is 0 Å². The van der Waals surface area contributed by atoms with Gasteiger partial charge in [-0.3, -0.25) is 4.98 Å². The standard InChI is InChI=1S/C21H19F4N4O3S/c1-12-3-4-15(16(5-12)20-17(23)6-14(22)9-26-20)18-7-19(28-32-18)29-10-13(21(24,25)11-29)8-27-33(2,30)31/h3-6,9,13,18H,7,10-11H2,1-2H3/q+1. The van der Waals surface area contributed by atoms with Crippen LogP contribution in [0.3, 0.4) is 0 Å². The van der Waals surface area contributed by atoms with E-state index in [9.17, 15) is 26.0 Å². The first kappa shape index (κ1) is 23.0. The molecule has 33 heavy (non-hydrogen) atoms. The fourth-order valence-corrected chi connectivity index (χ4v) is 4.08. The monoisotopic (exact) mass is 483 g/mol. The molecule has 2 aliphatic rings. The minimum atomic E-state index is -3.84. The van der Waals surface area contributed by atoms with Crippen molar-refractivity contribution in [1.29, 1.82) is 0 Å². The van der Waals surface area contributed by atoms with Gasteiger partial charge < -0.3 is 9.74 Å². The van der Waals surface area contributed by atoms with E-state index in [4.69, 9.17) is 4.84 Å². The Morgan fingerprint density at radius 2 is 2.03 bits per heavy atom. The van der Waals surface area contributed by atoms with Gasteiger partial charge in [0.25, 0.3) is 5.92 Å². The predicted molar refractivity (Wildman–Crippen MR) is 112 cm³/mol. The number of nitrogens with zero attached hydrogens (tertiary/aromatic N) is 4. The number of sulfonamides is 1. The molecule has 4 rings (SSSR count). The first-order valence-corrected chi connectivity index (χ1v) is 11.7. The van der Waals surface area contributed by atoms with Crippen molar-refractivity contribution in [3.05, 3.63) is 57.5 Å². The third kappa shape index (κ3) is 4.93. The van der Waals surface area contributed by atoms with E-state index in [0.29, 0.717) is 11.1 Å². The summed E-state index contributed by atoms with van der Waals surface area (Å²) in [5.74, 6) is -6.20. The van der Waals surface area contributed by atoms with E-state index in [1.54, 1.807) is 25.1 Å². The fourth-order valence-electron chi connectivity index (χ4n) is 3.76. The molecule has 7 nitrogen and oxygen atoms in total. The zero-order valence-electron chi connectivity index (χ0n) is 17.6. The summed E-state index contributed by atoms with van der Waals surface area (Å²) in [5.41, 5.74) is 1.64. The van der Waals surface area contributed by atoms with Gasteiger partial charge in [-0.2, -0.15) is 0 Å². The summed E-state index contributed by atoms with van der Waals surface area (Å²) < 4.78 is 81.9. The molecule has 2 unspecified atom stereocenters. The zero-order chi connectivity index (χ0) is 24.0. The molecule has 1 saturated heterocycles. The van der Waals surface area contributed by atoms with Gasteiger partial charge in [0.1, 0.15) is 23.6 Å². The molecule has 0 aliphatic carbocycles. The lowest BCUT2D eigenvalue weighted by Crippen LogP contribution is -2.30. The largest absolute Gasteiger partial charge is 0.476 e. The summed E-state index contributed by atoms with van der Waals surface area (Å²) in [7, 11) is -3.84. The molecule has 2 aromatic rings. The average Bonchev–Trinajstić information content (AvgIpc) is 3.30. The summed E-state index contributed by atoms with van der Waals surface area (Å²) in [6.45, 7) is 0.858. The molecule has 3 heterocycles. The molecule has 12 heteroatoms. The van der Waals surface area contributed by atoms with Crippen LogP contribution < -0.4 is 0 Å². The van der Waals surface area contributed by atoms with Crippen LogP contribution in [-0.4, -0.2) is 49.4 Å². The van der Waals surface area contributed by atoms with Crippen molar-refractivity contribution < 1.29 is 30.8 Å². The van der Waals surface area contributed by atoms with Crippen LogP contribution in [-0.2, 0) is 14.9 Å². The number of likely N-dealkylation sites (tertiary alicyclic amines) is 1. The highest BCUT2D eigenvalue weighted by atomic mass is 32.2. The molecule has 0 spiro atoms. The zero-order valence-corrected chi connectivity index (χ0v) is 18.4. The minimum absolute atomic E-state index is 0.0634. The van der Waals surface area contributed by atoms with Crippen LogP contribution in [0.15, 0.2) is 35.6 Å². The number of hydrogen-bond donors (Lipinski definition) is 0. The van der Waals surface area contributed by atoms with E-state index < -0.39 is 46.1 Å². The molecule has 2 aliphatic heterocycles. The summed E-state index contributed by atoms with van der Waals surface area (Å²) in [4.78, 5) is 10.6. The van der Waals surface area contributed by atoms with E-state index in [-0.39, 0.29) is 24.5 Å². The SMILES string of the molecule is Cc1ccc(C2CC(N3CC(C#[N+]S(C)(=O)=O)C(F)(F)C3)=NO2)c(-c2ncc(F)cc2F)c1.